The van der Waals surface area contributed by atoms with E-state index in [1.807, 2.05) is 6.20 Å². The average Bonchev–Trinajstić information content (AvgIpc) is 3.07. The Bertz CT molecular complexity index is 762. The molecule has 1 unspecified atom stereocenters. The smallest absolute Gasteiger partial charge is 0.281 e. The number of carbonyl (C=O) groups is 1. The molecule has 1 aromatic carbocycles. The van der Waals surface area contributed by atoms with Gasteiger partial charge >= 0.3 is 0 Å². The van der Waals surface area contributed by atoms with Gasteiger partial charge in [-0.15, -0.1) is 11.3 Å². The van der Waals surface area contributed by atoms with Crippen LogP contribution in [0.25, 0.3) is 10.9 Å². The number of H-pyrrole nitrogens is 1. The lowest BCUT2D eigenvalue weighted by Gasteiger charge is -2.08. The molecule has 0 aliphatic rings. The number of nitrogens with one attached hydrogen (secondary N) is 1. The predicted molar refractivity (Wildman–Crippen MR) is 82.7 cm³/mol. The van der Waals surface area contributed by atoms with Gasteiger partial charge in [0.05, 0.1) is 0 Å². The highest BCUT2D eigenvalue weighted by Gasteiger charge is 2.14. The van der Waals surface area contributed by atoms with Crippen LogP contribution >= 0.6 is 22.9 Å². The Balaban J connectivity index is 1.80. The van der Waals surface area contributed by atoms with Gasteiger partial charge in [-0.2, -0.15) is 0 Å². The van der Waals surface area contributed by atoms with Gasteiger partial charge < -0.3 is 4.98 Å². The van der Waals surface area contributed by atoms with Crippen molar-refractivity contribution < 1.29 is 4.79 Å². The first-order chi connectivity index (χ1) is 9.63. The largest absolute Gasteiger partial charge is 0.361 e. The molecule has 0 aliphatic carbocycles. The molecule has 1 N–H and O–H groups in total. The van der Waals surface area contributed by atoms with E-state index >= 15 is 0 Å². The molecule has 2 heterocycles. The van der Waals surface area contributed by atoms with Crippen molar-refractivity contribution in [3.63, 3.8) is 0 Å². The van der Waals surface area contributed by atoms with Crippen LogP contribution in [0.15, 0.2) is 36.7 Å². The van der Waals surface area contributed by atoms with Crippen LogP contribution in [-0.4, -0.2) is 15.2 Å². The van der Waals surface area contributed by atoms with Gasteiger partial charge in [-0.25, -0.2) is 4.98 Å². The third kappa shape index (κ3) is 2.62. The zero-order valence-corrected chi connectivity index (χ0v) is 12.5. The van der Waals surface area contributed by atoms with Crippen molar-refractivity contribution in [1.82, 2.24) is 9.97 Å². The first-order valence-electron chi connectivity index (χ1n) is 6.35. The number of hydrogen-bond acceptors (Lipinski definition) is 3. The van der Waals surface area contributed by atoms with Crippen LogP contribution in [0.1, 0.15) is 33.1 Å². The summed E-state index contributed by atoms with van der Waals surface area (Å²) in [7, 11) is 0. The van der Waals surface area contributed by atoms with Gasteiger partial charge in [-0.1, -0.05) is 19.1 Å². The van der Waals surface area contributed by atoms with E-state index in [0.29, 0.717) is 10.9 Å². The fraction of sp³-hybridized carbons (Fsp3) is 0.200. The number of rotatable bonds is 4. The predicted octanol–water partition coefficient (Wildman–Crippen LogP) is 4.35. The van der Waals surface area contributed by atoms with Gasteiger partial charge in [0.15, 0.2) is 5.01 Å². The minimum atomic E-state index is -0.485. The molecule has 0 fully saturated rings. The summed E-state index contributed by atoms with van der Waals surface area (Å²) in [6, 6.07) is 8.49. The lowest BCUT2D eigenvalue weighted by Crippen LogP contribution is -1.96. The molecule has 0 bridgehead atoms. The molecular weight excluding hydrogens is 292 g/mol. The van der Waals surface area contributed by atoms with Crippen molar-refractivity contribution in [3.05, 3.63) is 52.1 Å². The molecule has 0 amide bonds. The van der Waals surface area contributed by atoms with Gasteiger partial charge in [0.1, 0.15) is 0 Å². The Morgan fingerprint density at radius 2 is 2.30 bits per heavy atom. The highest BCUT2D eigenvalue weighted by Crippen LogP contribution is 2.27. The number of halogens is 1. The summed E-state index contributed by atoms with van der Waals surface area (Å²) in [5.41, 5.74) is 2.41. The fourth-order valence-electron chi connectivity index (χ4n) is 2.28. The van der Waals surface area contributed by atoms with Crippen molar-refractivity contribution in [2.45, 2.75) is 19.3 Å². The van der Waals surface area contributed by atoms with Gasteiger partial charge in [-0.05, 0) is 47.0 Å². The Morgan fingerprint density at radius 1 is 1.45 bits per heavy atom. The molecule has 3 aromatic rings. The normalized spacial score (nSPS) is 12.7. The second kappa shape index (κ2) is 5.38. The zero-order chi connectivity index (χ0) is 14.1. The van der Waals surface area contributed by atoms with E-state index in [9.17, 15) is 4.79 Å². The van der Waals surface area contributed by atoms with Crippen molar-refractivity contribution in [2.75, 3.05) is 0 Å². The van der Waals surface area contributed by atoms with Crippen LogP contribution in [0.4, 0.5) is 0 Å². The molecule has 20 heavy (non-hydrogen) atoms. The first-order valence-corrected chi connectivity index (χ1v) is 7.54. The van der Waals surface area contributed by atoms with Crippen molar-refractivity contribution in [3.8, 4) is 0 Å². The van der Waals surface area contributed by atoms with Gasteiger partial charge in [-0.3, -0.25) is 4.79 Å². The Hall–Kier alpha value is -1.65. The van der Waals surface area contributed by atoms with Crippen LogP contribution in [-0.2, 0) is 6.42 Å². The van der Waals surface area contributed by atoms with E-state index in [1.54, 1.807) is 6.20 Å². The minimum absolute atomic E-state index is 0.310. The number of hydrogen-bond donors (Lipinski definition) is 1. The monoisotopic (exact) mass is 304 g/mol. The van der Waals surface area contributed by atoms with Crippen LogP contribution in [0.5, 0.6) is 0 Å². The van der Waals surface area contributed by atoms with Crippen LogP contribution in [0, 0.1) is 0 Å². The van der Waals surface area contributed by atoms with Crippen molar-refractivity contribution in [1.29, 1.82) is 0 Å². The Morgan fingerprint density at radius 3 is 3.05 bits per heavy atom. The summed E-state index contributed by atoms with van der Waals surface area (Å²) in [6.07, 6.45) is 4.60. The van der Waals surface area contributed by atoms with Gasteiger partial charge in [0.2, 0.25) is 0 Å². The minimum Gasteiger partial charge on any atom is -0.361 e. The summed E-state index contributed by atoms with van der Waals surface area (Å²) < 4.78 is 0. The number of fused-ring (bicyclic) bond motifs is 1. The van der Waals surface area contributed by atoms with Crippen LogP contribution in [0.3, 0.4) is 0 Å². The highest BCUT2D eigenvalue weighted by atomic mass is 35.5. The lowest BCUT2D eigenvalue weighted by molar-refractivity contribution is 0.108. The van der Waals surface area contributed by atoms with E-state index in [2.05, 4.69) is 41.2 Å². The number of aromatic amines is 1. The van der Waals surface area contributed by atoms with E-state index in [1.165, 1.54) is 22.3 Å². The molecule has 0 spiro atoms. The SMILES string of the molecule is CC(Cc1ccc2cc[nH]c2c1)c1cnc(C(=O)Cl)s1. The maximum Gasteiger partial charge on any atom is 0.281 e. The molecule has 3 nitrogen and oxygen atoms in total. The molecule has 0 radical (unpaired) electrons. The molecule has 0 aliphatic heterocycles. The maximum atomic E-state index is 11.1. The zero-order valence-electron chi connectivity index (χ0n) is 10.9. The van der Waals surface area contributed by atoms with Crippen molar-refractivity contribution in [2.24, 2.45) is 0 Å². The van der Waals surface area contributed by atoms with Crippen LogP contribution in [0.2, 0.25) is 0 Å². The summed E-state index contributed by atoms with van der Waals surface area (Å²) in [5.74, 6) is 0.310. The number of carbonyl (C=O) groups excluding carboxylic acids is 1. The van der Waals surface area contributed by atoms with E-state index < -0.39 is 5.24 Å². The van der Waals surface area contributed by atoms with E-state index in [-0.39, 0.29) is 0 Å². The number of benzene rings is 1. The lowest BCUT2D eigenvalue weighted by atomic mass is 9.99. The number of nitrogens with zero attached hydrogens (tertiary/aromatic N) is 1. The van der Waals surface area contributed by atoms with Crippen molar-refractivity contribution >= 4 is 39.1 Å². The topological polar surface area (TPSA) is 45.8 Å². The van der Waals surface area contributed by atoms with E-state index in [4.69, 9.17) is 11.6 Å². The highest BCUT2D eigenvalue weighted by molar-refractivity contribution is 7.15. The van der Waals surface area contributed by atoms with Crippen LogP contribution < -0.4 is 0 Å². The Kier molecular flexibility index (Phi) is 3.59. The van der Waals surface area contributed by atoms with E-state index in [0.717, 1.165) is 16.8 Å². The maximum absolute atomic E-state index is 11.1. The number of aromatic nitrogens is 2. The molecular formula is C15H13ClN2OS. The second-order valence-corrected chi connectivity index (χ2v) is 6.25. The Labute approximate surface area is 125 Å². The summed E-state index contributed by atoms with van der Waals surface area (Å²) in [6.45, 7) is 2.13. The second-order valence-electron chi connectivity index (χ2n) is 4.85. The number of thiazole rings is 1. The summed E-state index contributed by atoms with van der Waals surface area (Å²) in [5, 5.41) is 1.10. The molecule has 1 atom stereocenters. The fourth-order valence-corrected chi connectivity index (χ4v) is 3.24. The quantitative estimate of drug-likeness (QED) is 0.728. The average molecular weight is 305 g/mol. The molecule has 5 heteroatoms. The standard InChI is InChI=1S/C15H13ClN2OS/c1-9(13-8-18-15(20-13)14(16)19)6-10-2-3-11-4-5-17-12(11)7-10/h2-5,7-9,17H,6H2,1H3. The third-order valence-corrected chi connectivity index (χ3v) is 4.86. The summed E-state index contributed by atoms with van der Waals surface area (Å²) in [4.78, 5) is 19.4. The summed E-state index contributed by atoms with van der Waals surface area (Å²) >= 11 is 6.81. The molecule has 3 rings (SSSR count). The molecule has 0 saturated carbocycles. The molecule has 2 aromatic heterocycles. The molecule has 0 saturated heterocycles. The van der Waals surface area contributed by atoms with Gasteiger partial charge in [0.25, 0.3) is 5.24 Å². The van der Waals surface area contributed by atoms with Gasteiger partial charge in [0, 0.05) is 22.8 Å². The molecule has 102 valence electrons. The first kappa shape index (κ1) is 13.3. The third-order valence-electron chi connectivity index (χ3n) is 3.34.